The molecule has 0 spiro atoms. The van der Waals surface area contributed by atoms with Crippen molar-refractivity contribution in [3.05, 3.63) is 98.3 Å². The molecule has 0 saturated heterocycles. The van der Waals surface area contributed by atoms with Crippen molar-refractivity contribution in [3.63, 3.8) is 0 Å². The largest absolute Gasteiger partial charge is 0.417 e. The van der Waals surface area contributed by atoms with Crippen LogP contribution in [0.1, 0.15) is 16.7 Å². The van der Waals surface area contributed by atoms with Gasteiger partial charge in [0.1, 0.15) is 6.07 Å². The van der Waals surface area contributed by atoms with E-state index in [1.165, 1.54) is 6.07 Å². The third kappa shape index (κ3) is 2.93. The number of nitriles is 1. The lowest BCUT2D eigenvalue weighted by molar-refractivity contribution is -0.137. The Hall–Kier alpha value is -5.25. The molecule has 0 fully saturated rings. The summed E-state index contributed by atoms with van der Waals surface area (Å²) < 4.78 is 40.9. The van der Waals surface area contributed by atoms with Crippen LogP contribution in [0.2, 0.25) is 0 Å². The predicted octanol–water partition coefficient (Wildman–Crippen LogP) is 6.39. The van der Waals surface area contributed by atoms with Gasteiger partial charge in [-0.1, -0.05) is 12.1 Å². The Bertz CT molecular complexity index is 2050. The van der Waals surface area contributed by atoms with E-state index in [4.69, 9.17) is 19.7 Å². The predicted molar refractivity (Wildman–Crippen MR) is 124 cm³/mol. The molecule has 35 heavy (non-hydrogen) atoms. The second kappa shape index (κ2) is 7.39. The first-order valence-corrected chi connectivity index (χ1v) is 10.0. The zero-order valence-electron chi connectivity index (χ0n) is 17.8. The van der Waals surface area contributed by atoms with Crippen molar-refractivity contribution in [3.8, 4) is 6.07 Å². The normalized spacial score (nSPS) is 12.8. The van der Waals surface area contributed by atoms with Gasteiger partial charge in [0.15, 0.2) is 16.4 Å². The molecule has 0 heterocycles. The number of hydrogen-bond acceptors (Lipinski definition) is 3. The molecule has 0 aromatic heterocycles. The fraction of sp³-hybridized carbons (Fsp3) is 0.0769. The van der Waals surface area contributed by atoms with Crippen molar-refractivity contribution >= 4 is 48.8 Å². The summed E-state index contributed by atoms with van der Waals surface area (Å²) in [6.07, 6.45) is -4.76. The number of rotatable bonds is 0. The van der Waals surface area contributed by atoms with Gasteiger partial charge < -0.3 is 0 Å². The van der Waals surface area contributed by atoms with Crippen LogP contribution in [0.15, 0.2) is 46.6 Å². The van der Waals surface area contributed by atoms with Gasteiger partial charge in [-0.15, -0.1) is 9.91 Å². The van der Waals surface area contributed by atoms with Crippen LogP contribution in [-0.4, -0.2) is 0 Å². The lowest BCUT2D eigenvalue weighted by Crippen LogP contribution is -2.10. The molecule has 5 aromatic carbocycles. The van der Waals surface area contributed by atoms with E-state index in [0.29, 0.717) is 48.7 Å². The molecule has 0 amide bonds. The summed E-state index contributed by atoms with van der Waals surface area (Å²) in [6, 6.07) is 10.6. The fourth-order valence-electron chi connectivity index (χ4n) is 4.69. The summed E-state index contributed by atoms with van der Waals surface area (Å²) in [4.78, 5) is 9.76. The van der Waals surface area contributed by atoms with Crippen LogP contribution in [-0.2, 0) is 6.18 Å². The molecule has 9 heteroatoms. The molecule has 0 radical (unpaired) electrons. The smallest absolute Gasteiger partial charge is 0.238 e. The Labute approximate surface area is 195 Å². The number of fused-ring (bicyclic) bond motifs is 6. The number of benzene rings is 3. The van der Waals surface area contributed by atoms with Gasteiger partial charge in [0.2, 0.25) is 0 Å². The molecule has 6 nitrogen and oxygen atoms in total. The summed E-state index contributed by atoms with van der Waals surface area (Å²) in [6.45, 7) is 23.7. The quantitative estimate of drug-likeness (QED) is 0.194. The molecule has 0 N–H and O–H groups in total. The summed E-state index contributed by atoms with van der Waals surface area (Å²) in [5, 5.41) is 21.4. The highest BCUT2D eigenvalue weighted by molar-refractivity contribution is 6.22. The Kier molecular flexibility index (Phi) is 4.56. The molecule has 5 rings (SSSR count). The maximum Gasteiger partial charge on any atom is 0.417 e. The van der Waals surface area contributed by atoms with Gasteiger partial charge in [-0.25, -0.2) is 4.85 Å². The second-order valence-electron chi connectivity index (χ2n) is 7.86. The van der Waals surface area contributed by atoms with Crippen molar-refractivity contribution in [2.24, 2.45) is 10.2 Å². The Morgan fingerprint density at radius 2 is 1.37 bits per heavy atom. The third-order valence-electron chi connectivity index (χ3n) is 6.12. The van der Waals surface area contributed by atoms with Crippen molar-refractivity contribution in [2.75, 3.05) is 0 Å². The van der Waals surface area contributed by atoms with Gasteiger partial charge in [0.25, 0.3) is 0 Å². The number of aryl methyl sites for hydroxylation is 1. The molecule has 0 saturated carbocycles. The van der Waals surface area contributed by atoms with Crippen LogP contribution >= 0.6 is 0 Å². The van der Waals surface area contributed by atoms with E-state index in [-0.39, 0.29) is 10.7 Å². The molecule has 0 bridgehead atoms. The second-order valence-corrected chi connectivity index (χ2v) is 7.86. The molecule has 5 aromatic rings. The van der Waals surface area contributed by atoms with E-state index in [1.54, 1.807) is 37.3 Å². The number of hydrogen-bond donors (Lipinski definition) is 0. The van der Waals surface area contributed by atoms with Crippen molar-refractivity contribution in [1.29, 1.82) is 5.26 Å². The van der Waals surface area contributed by atoms with Crippen LogP contribution in [0.25, 0.3) is 57.8 Å². The average Bonchev–Trinajstić information content (AvgIpc) is 3.28. The number of halogens is 3. The van der Waals surface area contributed by atoms with Crippen LogP contribution in [0.5, 0.6) is 0 Å². The van der Waals surface area contributed by atoms with E-state index in [1.807, 2.05) is 0 Å². The molecule has 0 aliphatic rings. The van der Waals surface area contributed by atoms with Crippen molar-refractivity contribution in [1.82, 2.24) is 0 Å². The highest BCUT2D eigenvalue weighted by Crippen LogP contribution is 2.39. The molecule has 0 aliphatic carbocycles. The van der Waals surface area contributed by atoms with Crippen molar-refractivity contribution < 1.29 is 13.2 Å². The van der Waals surface area contributed by atoms with Crippen molar-refractivity contribution in [2.45, 2.75) is 13.1 Å². The van der Waals surface area contributed by atoms with E-state index < -0.39 is 17.3 Å². The summed E-state index contributed by atoms with van der Waals surface area (Å²) in [5.41, 5.74) is -0.558. The zero-order chi connectivity index (χ0) is 25.1. The lowest BCUT2D eigenvalue weighted by Gasteiger charge is -2.09. The van der Waals surface area contributed by atoms with Crippen LogP contribution in [0, 0.1) is 38.0 Å². The minimum absolute atomic E-state index is 0.0356. The molecule has 164 valence electrons. The van der Waals surface area contributed by atoms with Gasteiger partial charge in [0, 0.05) is 21.5 Å². The first kappa shape index (κ1) is 21.6. The van der Waals surface area contributed by atoms with E-state index >= 15 is 0 Å². The van der Waals surface area contributed by atoms with Crippen LogP contribution in [0.4, 0.5) is 18.9 Å². The third-order valence-corrected chi connectivity index (χ3v) is 6.12. The zero-order valence-corrected chi connectivity index (χ0v) is 17.8. The van der Waals surface area contributed by atoms with Crippen LogP contribution in [0.3, 0.4) is 0 Å². The Balaban J connectivity index is 2.11. The van der Waals surface area contributed by atoms with Crippen LogP contribution < -0.4 is 10.7 Å². The van der Waals surface area contributed by atoms with E-state index in [0.717, 1.165) is 11.6 Å². The Morgan fingerprint density at radius 1 is 0.800 bits per heavy atom. The molecular formula is C26H9F3N6. The fourth-order valence-corrected chi connectivity index (χ4v) is 4.69. The van der Waals surface area contributed by atoms with Gasteiger partial charge in [0.05, 0.1) is 27.9 Å². The number of alkyl halides is 3. The maximum absolute atomic E-state index is 13.6. The number of nitrogens with zero attached hydrogens (tertiary/aromatic N) is 6. The van der Waals surface area contributed by atoms with Gasteiger partial charge in [-0.05, 0) is 58.3 Å². The van der Waals surface area contributed by atoms with Gasteiger partial charge in [-0.3, -0.25) is 0 Å². The minimum Gasteiger partial charge on any atom is -0.238 e. The standard InChI is InChI=1S/C26H9F3N6/c1-12-7-17-16(10-22(12)31-2)15-8-14-13-5-6-21(26(27,28)29)20(11-30)23(13)25(35-33-4)19(14)9-18(15)24(17)34-32-3/h5-10H,1H3/b34-24+,35-25+. The molecule has 0 aliphatic heterocycles. The van der Waals surface area contributed by atoms with E-state index in [9.17, 15) is 18.4 Å². The van der Waals surface area contributed by atoms with Gasteiger partial charge >= 0.3 is 6.18 Å². The SMILES string of the molecule is [C-]#[N+]/N=c1\c2cc(C)c([N+]#[C-])cc2c2cc3c(cc12)/c(=N\[N+]#[C-])c1c(C#N)c(C(F)(F)F)ccc13. The van der Waals surface area contributed by atoms with E-state index in [2.05, 4.69) is 25.0 Å². The summed E-state index contributed by atoms with van der Waals surface area (Å²) in [7, 11) is 0. The maximum atomic E-state index is 13.6. The molecule has 0 atom stereocenters. The average molecular weight is 462 g/mol. The topological polar surface area (TPSA) is 61.6 Å². The Morgan fingerprint density at radius 3 is 2.00 bits per heavy atom. The molecule has 0 unspecified atom stereocenters. The van der Waals surface area contributed by atoms with Gasteiger partial charge in [-0.2, -0.15) is 31.6 Å². The molecular weight excluding hydrogens is 453 g/mol. The minimum atomic E-state index is -4.76. The highest BCUT2D eigenvalue weighted by atomic mass is 19.4. The first-order valence-electron chi connectivity index (χ1n) is 10.0. The lowest BCUT2D eigenvalue weighted by atomic mass is 10.0. The summed E-state index contributed by atoms with van der Waals surface area (Å²) >= 11 is 0. The highest BCUT2D eigenvalue weighted by Gasteiger charge is 2.35. The first-order chi connectivity index (χ1) is 16.7. The summed E-state index contributed by atoms with van der Waals surface area (Å²) in [5.74, 6) is 0. The monoisotopic (exact) mass is 462 g/mol.